The quantitative estimate of drug-likeness (QED) is 0.0466. The topological polar surface area (TPSA) is 411 Å². The van der Waals surface area contributed by atoms with Crippen LogP contribution in [0.1, 0.15) is 125 Å². The molecule has 36 heteroatoms. The highest BCUT2D eigenvalue weighted by atomic mass is 15.5. The number of anilines is 6. The van der Waals surface area contributed by atoms with Crippen LogP contribution in [0, 0.1) is 0 Å². The van der Waals surface area contributed by atoms with Gasteiger partial charge in [0, 0.05) is 113 Å². The fraction of sp³-hybridized carbons (Fsp3) is 0.400. The zero-order valence-electron chi connectivity index (χ0n) is 58.5. The van der Waals surface area contributed by atoms with E-state index in [1.54, 1.807) is 142 Å². The van der Waals surface area contributed by atoms with Gasteiger partial charge in [-0.2, -0.15) is 48.9 Å². The molecule has 12 heterocycles. The van der Waals surface area contributed by atoms with Crippen molar-refractivity contribution in [3.05, 3.63) is 149 Å². The molecule has 0 bridgehead atoms. The third-order valence-corrected chi connectivity index (χ3v) is 9.67. The van der Waals surface area contributed by atoms with E-state index in [0.717, 1.165) is 39.3 Å². The number of nitrogens with one attached hydrogen (secondary N) is 6. The lowest BCUT2D eigenvalue weighted by atomic mass is 10.6. The van der Waals surface area contributed by atoms with Crippen molar-refractivity contribution in [2.75, 3.05) is 71.2 Å². The summed E-state index contributed by atoms with van der Waals surface area (Å²) >= 11 is 0. The molecule has 12 aromatic heterocycles. The number of nitrogens with zero attached hydrogens (tertiary/aromatic N) is 30. The first-order chi connectivity index (χ1) is 47.4. The first kappa shape index (κ1) is 82.1. The molecule has 516 valence electrons. The van der Waals surface area contributed by atoms with E-state index >= 15 is 0 Å². The van der Waals surface area contributed by atoms with E-state index in [0.29, 0.717) is 71.1 Å². The van der Waals surface area contributed by atoms with Gasteiger partial charge in [0.05, 0.1) is 0 Å². The molecule has 0 aliphatic heterocycles. The second-order valence-corrected chi connectivity index (χ2v) is 15.6. The standard InChI is InChI=1S/6C8H10N6.6C2H6/c2*1-2-10-8-12-6-14(13-8)7-3-4-9-5-11-7;2*1-2-9-7-12-6-14(13-7)8-10-4-3-5-11-8;2*1-2-9-7-12-6-13-14(7)8-10-4-3-5-11-8;6*1-2/h2*3-6H,2H2,1H3,(H,10,13);2*3-6H,2H2,1H3,(H,9,13);2*3-6H,2H2,1H3,(H,9,12,13);6*1-2H3. The zero-order valence-corrected chi connectivity index (χ0v) is 58.5. The molecule has 0 spiro atoms. The van der Waals surface area contributed by atoms with E-state index in [1.807, 2.05) is 125 Å². The van der Waals surface area contributed by atoms with Crippen LogP contribution >= 0.6 is 0 Å². The lowest BCUT2D eigenvalue weighted by molar-refractivity contribution is 0.807. The first-order valence-corrected chi connectivity index (χ1v) is 31.9. The summed E-state index contributed by atoms with van der Waals surface area (Å²) in [5.41, 5.74) is 0. The fourth-order valence-electron chi connectivity index (χ4n) is 6.21. The summed E-state index contributed by atoms with van der Waals surface area (Å²) in [7, 11) is 0. The van der Waals surface area contributed by atoms with Crippen molar-refractivity contribution < 1.29 is 0 Å². The maximum Gasteiger partial charge on any atom is 0.253 e. The highest BCUT2D eigenvalue weighted by molar-refractivity contribution is 5.32. The van der Waals surface area contributed by atoms with Crippen LogP contribution in [-0.2, 0) is 0 Å². The molecule has 96 heavy (non-hydrogen) atoms. The largest absolute Gasteiger partial charge is 0.354 e. The minimum absolute atomic E-state index is 0.515. The Morgan fingerprint density at radius 3 is 0.792 bits per heavy atom. The van der Waals surface area contributed by atoms with Crippen molar-refractivity contribution in [3.63, 3.8) is 0 Å². The van der Waals surface area contributed by atoms with E-state index in [1.165, 1.54) is 34.7 Å². The van der Waals surface area contributed by atoms with E-state index in [2.05, 4.69) is 152 Å². The Morgan fingerprint density at radius 2 is 0.531 bits per heavy atom. The average molecular weight is 1320 g/mol. The second kappa shape index (κ2) is 53.8. The van der Waals surface area contributed by atoms with Gasteiger partial charge in [-0.3, -0.25) is 0 Å². The molecule has 12 rings (SSSR count). The van der Waals surface area contributed by atoms with Gasteiger partial charge in [0.25, 0.3) is 23.8 Å². The maximum absolute atomic E-state index is 4.17. The van der Waals surface area contributed by atoms with Gasteiger partial charge in [-0.05, 0) is 65.8 Å². The van der Waals surface area contributed by atoms with Crippen molar-refractivity contribution in [1.82, 2.24) is 148 Å². The fourth-order valence-corrected chi connectivity index (χ4v) is 6.21. The molecule has 0 aromatic carbocycles. The zero-order chi connectivity index (χ0) is 70.8. The van der Waals surface area contributed by atoms with Gasteiger partial charge >= 0.3 is 0 Å². The SMILES string of the molecule is CC.CC.CC.CC.CC.CC.CCNc1ncn(-c2ccncn2)n1.CCNc1ncn(-c2ccncn2)n1.CCNc1ncn(-c2ncccn2)n1.CCNc1ncn(-c2ncccn2)n1.CCNc1ncnn1-c1ncccn1.CCNc1ncnn1-c1ncccn1. The van der Waals surface area contributed by atoms with Gasteiger partial charge < -0.3 is 31.9 Å². The smallest absolute Gasteiger partial charge is 0.253 e. The van der Waals surface area contributed by atoms with E-state index < -0.39 is 0 Å². The van der Waals surface area contributed by atoms with Crippen molar-refractivity contribution in [3.8, 4) is 35.4 Å². The Bertz CT molecular complexity index is 3220. The summed E-state index contributed by atoms with van der Waals surface area (Å²) in [6, 6.07) is 10.6. The number of rotatable bonds is 18. The van der Waals surface area contributed by atoms with Crippen LogP contribution in [0.5, 0.6) is 0 Å². The minimum atomic E-state index is 0.515. The molecule has 0 aliphatic carbocycles. The lowest BCUT2D eigenvalue weighted by Gasteiger charge is -2.03. The molecule has 0 fully saturated rings. The predicted octanol–water partition coefficient (Wildman–Crippen LogP) is 9.09. The highest BCUT2D eigenvalue weighted by Crippen LogP contribution is 2.09. The Morgan fingerprint density at radius 1 is 0.271 bits per heavy atom. The minimum Gasteiger partial charge on any atom is -0.354 e. The second-order valence-electron chi connectivity index (χ2n) is 15.6. The molecule has 0 radical (unpaired) electrons. The monoisotopic (exact) mass is 1320 g/mol. The molecule has 12 aromatic rings. The van der Waals surface area contributed by atoms with Gasteiger partial charge in [0.2, 0.25) is 35.7 Å². The molecule has 0 saturated carbocycles. The van der Waals surface area contributed by atoms with Gasteiger partial charge in [0.1, 0.15) is 50.6 Å². The number of aromatic nitrogens is 30. The maximum atomic E-state index is 4.17. The normalized spacial score (nSPS) is 9.19. The molecular weight excluding hydrogens is 1220 g/mol. The van der Waals surface area contributed by atoms with Gasteiger partial charge in [0.15, 0.2) is 11.6 Å². The van der Waals surface area contributed by atoms with Crippen LogP contribution in [0.2, 0.25) is 0 Å². The van der Waals surface area contributed by atoms with Crippen molar-refractivity contribution >= 4 is 35.7 Å². The van der Waals surface area contributed by atoms with Crippen LogP contribution in [0.15, 0.2) is 149 Å². The third-order valence-electron chi connectivity index (χ3n) is 9.67. The van der Waals surface area contributed by atoms with Crippen molar-refractivity contribution in [1.29, 1.82) is 0 Å². The summed E-state index contributed by atoms with van der Waals surface area (Å²) in [6.45, 7) is 40.7. The summed E-state index contributed by atoms with van der Waals surface area (Å²) in [6.07, 6.45) is 28.9. The summed E-state index contributed by atoms with van der Waals surface area (Å²) in [5.74, 6) is 7.15. The highest BCUT2D eigenvalue weighted by Gasteiger charge is 2.09. The van der Waals surface area contributed by atoms with Crippen LogP contribution in [0.3, 0.4) is 0 Å². The summed E-state index contributed by atoms with van der Waals surface area (Å²) in [4.78, 5) is 72.5. The molecule has 0 saturated heterocycles. The molecule has 6 N–H and O–H groups in total. The Balaban J connectivity index is 0.000000557. The van der Waals surface area contributed by atoms with E-state index in [-0.39, 0.29) is 0 Å². The third kappa shape index (κ3) is 30.0. The number of hydrogen-bond donors (Lipinski definition) is 6. The predicted molar refractivity (Wildman–Crippen MR) is 375 cm³/mol. The van der Waals surface area contributed by atoms with Gasteiger partial charge in [-0.15, -0.1) is 20.4 Å². The van der Waals surface area contributed by atoms with Crippen LogP contribution in [0.4, 0.5) is 35.7 Å². The van der Waals surface area contributed by atoms with Crippen molar-refractivity contribution in [2.24, 2.45) is 0 Å². The molecular formula is C60H96N36. The Kier molecular flexibility index (Phi) is 46.0. The van der Waals surface area contributed by atoms with E-state index in [4.69, 9.17) is 0 Å². The average Bonchev–Trinajstić information content (AvgIpc) is 4.64. The first-order valence-electron chi connectivity index (χ1n) is 31.9. The number of hydrogen-bond acceptors (Lipinski definition) is 30. The lowest BCUT2D eigenvalue weighted by Crippen LogP contribution is -2.09. The Hall–Kier alpha value is -11.9. The molecule has 0 amide bonds. The Labute approximate surface area is 562 Å². The molecule has 0 unspecified atom stereocenters. The molecule has 0 aliphatic rings. The van der Waals surface area contributed by atoms with Gasteiger partial charge in [-0.1, -0.05) is 83.1 Å². The van der Waals surface area contributed by atoms with E-state index in [9.17, 15) is 0 Å². The van der Waals surface area contributed by atoms with Crippen LogP contribution < -0.4 is 31.9 Å². The summed E-state index contributed by atoms with van der Waals surface area (Å²) in [5, 5.41) is 42.8. The molecule has 0 atom stereocenters. The van der Waals surface area contributed by atoms with Gasteiger partial charge in [-0.25, -0.2) is 79.1 Å². The van der Waals surface area contributed by atoms with Crippen molar-refractivity contribution in [2.45, 2.75) is 125 Å². The summed E-state index contributed by atoms with van der Waals surface area (Å²) < 4.78 is 9.36. The van der Waals surface area contributed by atoms with Crippen LogP contribution in [0.25, 0.3) is 35.4 Å². The van der Waals surface area contributed by atoms with Crippen LogP contribution in [-0.4, -0.2) is 188 Å². The molecule has 36 nitrogen and oxygen atoms in total.